The molecule has 0 bridgehead atoms. The van der Waals surface area contributed by atoms with Gasteiger partial charge in [0.15, 0.2) is 11.5 Å². The van der Waals surface area contributed by atoms with Gasteiger partial charge in [-0.1, -0.05) is 0 Å². The van der Waals surface area contributed by atoms with Crippen molar-refractivity contribution in [1.29, 1.82) is 0 Å². The monoisotopic (exact) mass is 349 g/mol. The van der Waals surface area contributed by atoms with Crippen LogP contribution in [0.4, 0.5) is 0 Å². The Balaban J connectivity index is 1.72. The molecule has 0 saturated carbocycles. The number of H-pyrrole nitrogens is 1. The minimum atomic E-state index is -0.305. The van der Waals surface area contributed by atoms with Gasteiger partial charge in [-0.25, -0.2) is 5.43 Å². The summed E-state index contributed by atoms with van der Waals surface area (Å²) in [6.45, 7) is 2.04. The number of halogens is 1. The quantitative estimate of drug-likeness (QED) is 0.660. The van der Waals surface area contributed by atoms with E-state index in [9.17, 15) is 4.79 Å². The van der Waals surface area contributed by atoms with Gasteiger partial charge >= 0.3 is 0 Å². The first-order valence-electron chi connectivity index (χ1n) is 6.22. The second-order valence-electron chi connectivity index (χ2n) is 4.44. The van der Waals surface area contributed by atoms with E-state index < -0.39 is 0 Å². The number of carbonyl (C=O) groups excluding carboxylic acids is 1. The van der Waals surface area contributed by atoms with Crippen LogP contribution >= 0.6 is 15.9 Å². The molecular formula is C14H12BrN3O3. The first-order valence-corrected chi connectivity index (χ1v) is 7.01. The standard InChI is InChI=1S/C14H12BrN3O3/c1-8(9-2-3-12-13(4-9)21-7-20-12)17-18-14(19)11-5-10(15)6-16-11/h2-6,16H,7H2,1H3,(H,18,19)/b17-8-. The summed E-state index contributed by atoms with van der Waals surface area (Å²) < 4.78 is 11.4. The number of aromatic amines is 1. The molecule has 0 saturated heterocycles. The third-order valence-electron chi connectivity index (χ3n) is 3.01. The van der Waals surface area contributed by atoms with Crippen LogP contribution in [0, 0.1) is 0 Å². The Morgan fingerprint density at radius 3 is 2.90 bits per heavy atom. The van der Waals surface area contributed by atoms with E-state index in [2.05, 4.69) is 31.4 Å². The molecule has 1 aromatic carbocycles. The van der Waals surface area contributed by atoms with Crippen LogP contribution in [0.25, 0.3) is 0 Å². The summed E-state index contributed by atoms with van der Waals surface area (Å²) in [5.74, 6) is 1.09. The minimum Gasteiger partial charge on any atom is -0.454 e. The number of hydrazone groups is 1. The molecule has 3 rings (SSSR count). The molecule has 1 aliphatic heterocycles. The maximum Gasteiger partial charge on any atom is 0.287 e. The van der Waals surface area contributed by atoms with E-state index in [1.807, 2.05) is 25.1 Å². The van der Waals surface area contributed by atoms with Crippen molar-refractivity contribution >= 4 is 27.5 Å². The van der Waals surface area contributed by atoms with Gasteiger partial charge in [0.2, 0.25) is 6.79 Å². The lowest BCUT2D eigenvalue weighted by Crippen LogP contribution is -2.19. The Morgan fingerprint density at radius 2 is 2.14 bits per heavy atom. The molecule has 2 aromatic rings. The maximum absolute atomic E-state index is 11.9. The van der Waals surface area contributed by atoms with Crippen LogP contribution in [-0.4, -0.2) is 23.4 Å². The molecule has 1 amide bonds. The molecule has 2 heterocycles. The third-order valence-corrected chi connectivity index (χ3v) is 3.47. The zero-order chi connectivity index (χ0) is 14.8. The van der Waals surface area contributed by atoms with E-state index in [0.29, 0.717) is 22.9 Å². The Hall–Kier alpha value is -2.28. The number of hydrogen-bond acceptors (Lipinski definition) is 4. The summed E-state index contributed by atoms with van der Waals surface area (Å²) in [7, 11) is 0. The van der Waals surface area contributed by atoms with Crippen molar-refractivity contribution in [2.24, 2.45) is 5.10 Å². The number of benzene rings is 1. The van der Waals surface area contributed by atoms with Gasteiger partial charge in [0.1, 0.15) is 5.69 Å². The van der Waals surface area contributed by atoms with Gasteiger partial charge < -0.3 is 14.5 Å². The summed E-state index contributed by atoms with van der Waals surface area (Å²) >= 11 is 3.27. The summed E-state index contributed by atoms with van der Waals surface area (Å²) in [6, 6.07) is 7.20. The molecule has 1 aromatic heterocycles. The zero-order valence-corrected chi connectivity index (χ0v) is 12.7. The lowest BCUT2D eigenvalue weighted by Gasteiger charge is -2.03. The molecule has 1 aliphatic rings. The van der Waals surface area contributed by atoms with Crippen LogP contribution in [0.2, 0.25) is 0 Å². The molecule has 108 valence electrons. The fourth-order valence-corrected chi connectivity index (χ4v) is 2.22. The summed E-state index contributed by atoms with van der Waals surface area (Å²) in [5, 5.41) is 4.09. The number of aromatic nitrogens is 1. The number of rotatable bonds is 3. The predicted octanol–water partition coefficient (Wildman–Crippen LogP) is 2.66. The highest BCUT2D eigenvalue weighted by Crippen LogP contribution is 2.32. The van der Waals surface area contributed by atoms with E-state index in [4.69, 9.17) is 9.47 Å². The normalized spacial score (nSPS) is 13.3. The van der Waals surface area contributed by atoms with Crippen molar-refractivity contribution in [3.8, 4) is 11.5 Å². The molecule has 0 atom stereocenters. The average molecular weight is 350 g/mol. The molecule has 0 unspecified atom stereocenters. The van der Waals surface area contributed by atoms with E-state index in [-0.39, 0.29) is 12.7 Å². The summed E-state index contributed by atoms with van der Waals surface area (Å²) in [5.41, 5.74) is 4.46. The molecule has 0 fully saturated rings. The van der Waals surface area contributed by atoms with Crippen LogP contribution in [0.5, 0.6) is 11.5 Å². The Kier molecular flexibility index (Phi) is 3.66. The van der Waals surface area contributed by atoms with Crippen LogP contribution < -0.4 is 14.9 Å². The van der Waals surface area contributed by atoms with Crippen molar-refractivity contribution in [2.75, 3.05) is 6.79 Å². The Labute approximate surface area is 129 Å². The lowest BCUT2D eigenvalue weighted by molar-refractivity contribution is 0.0950. The van der Waals surface area contributed by atoms with Crippen molar-refractivity contribution in [1.82, 2.24) is 10.4 Å². The highest BCUT2D eigenvalue weighted by atomic mass is 79.9. The fourth-order valence-electron chi connectivity index (χ4n) is 1.88. The van der Waals surface area contributed by atoms with Crippen molar-refractivity contribution < 1.29 is 14.3 Å². The number of carbonyl (C=O) groups is 1. The largest absolute Gasteiger partial charge is 0.454 e. The first-order chi connectivity index (χ1) is 10.1. The second-order valence-corrected chi connectivity index (χ2v) is 5.35. The third kappa shape index (κ3) is 2.92. The molecule has 6 nitrogen and oxygen atoms in total. The van der Waals surface area contributed by atoms with Gasteiger partial charge in [-0.3, -0.25) is 4.79 Å². The SMILES string of the molecule is C/C(=N/NC(=O)c1cc(Br)c[nH]1)c1ccc2c(c1)OCO2. The summed E-state index contributed by atoms with van der Waals surface area (Å²) in [6.07, 6.45) is 1.68. The highest BCUT2D eigenvalue weighted by Gasteiger charge is 2.14. The van der Waals surface area contributed by atoms with Crippen LogP contribution in [-0.2, 0) is 0 Å². The van der Waals surface area contributed by atoms with E-state index in [0.717, 1.165) is 10.0 Å². The second kappa shape index (κ2) is 5.61. The van der Waals surface area contributed by atoms with Gasteiger partial charge in [-0.05, 0) is 47.1 Å². The maximum atomic E-state index is 11.9. The number of hydrogen-bond donors (Lipinski definition) is 2. The number of ether oxygens (including phenoxy) is 2. The van der Waals surface area contributed by atoms with Crippen LogP contribution in [0.3, 0.4) is 0 Å². The van der Waals surface area contributed by atoms with Crippen molar-refractivity contribution in [3.63, 3.8) is 0 Å². The lowest BCUT2D eigenvalue weighted by atomic mass is 10.1. The molecule has 21 heavy (non-hydrogen) atoms. The molecule has 2 N–H and O–H groups in total. The van der Waals surface area contributed by atoms with Crippen LogP contribution in [0.15, 0.2) is 40.0 Å². The minimum absolute atomic E-state index is 0.230. The number of amides is 1. The van der Waals surface area contributed by atoms with E-state index in [1.165, 1.54) is 0 Å². The van der Waals surface area contributed by atoms with Gasteiger partial charge in [0.05, 0.1) is 5.71 Å². The van der Waals surface area contributed by atoms with Crippen molar-refractivity contribution in [3.05, 3.63) is 46.2 Å². The molecule has 0 spiro atoms. The van der Waals surface area contributed by atoms with Crippen LogP contribution in [0.1, 0.15) is 23.0 Å². The molecule has 7 heteroatoms. The Morgan fingerprint density at radius 1 is 1.33 bits per heavy atom. The molecular weight excluding hydrogens is 338 g/mol. The predicted molar refractivity (Wildman–Crippen MR) is 80.7 cm³/mol. The van der Waals surface area contributed by atoms with Gasteiger partial charge in [0, 0.05) is 16.2 Å². The highest BCUT2D eigenvalue weighted by molar-refractivity contribution is 9.10. The first kappa shape index (κ1) is 13.7. The van der Waals surface area contributed by atoms with Gasteiger partial charge in [-0.15, -0.1) is 0 Å². The smallest absolute Gasteiger partial charge is 0.287 e. The fraction of sp³-hybridized carbons (Fsp3) is 0.143. The van der Waals surface area contributed by atoms with Gasteiger partial charge in [-0.2, -0.15) is 5.10 Å². The number of nitrogens with zero attached hydrogens (tertiary/aromatic N) is 1. The summed E-state index contributed by atoms with van der Waals surface area (Å²) in [4.78, 5) is 14.7. The Bertz CT molecular complexity index is 724. The number of fused-ring (bicyclic) bond motifs is 1. The zero-order valence-electron chi connectivity index (χ0n) is 11.1. The van der Waals surface area contributed by atoms with Crippen molar-refractivity contribution in [2.45, 2.75) is 6.92 Å². The van der Waals surface area contributed by atoms with Gasteiger partial charge in [0.25, 0.3) is 5.91 Å². The molecule has 0 radical (unpaired) electrons. The number of nitrogens with one attached hydrogen (secondary N) is 2. The van der Waals surface area contributed by atoms with E-state index in [1.54, 1.807) is 12.3 Å². The van der Waals surface area contributed by atoms with E-state index >= 15 is 0 Å². The average Bonchev–Trinajstić information content (AvgIpc) is 3.12. The topological polar surface area (TPSA) is 75.7 Å². The molecule has 0 aliphatic carbocycles.